The number of aromatic carboxylic acids is 1. The van der Waals surface area contributed by atoms with Crippen LogP contribution >= 0.6 is 0 Å². The molecule has 0 aliphatic carbocycles. The largest absolute Gasteiger partial charge is 0.478 e. The van der Waals surface area contributed by atoms with Gasteiger partial charge < -0.3 is 14.8 Å². The van der Waals surface area contributed by atoms with Crippen LogP contribution in [-0.4, -0.2) is 45.2 Å². The van der Waals surface area contributed by atoms with Crippen molar-refractivity contribution in [2.24, 2.45) is 0 Å². The molecule has 1 unspecified atom stereocenters. The molecule has 0 bridgehead atoms. The number of nitrogens with one attached hydrogen (secondary N) is 1. The van der Waals surface area contributed by atoms with Crippen molar-refractivity contribution in [2.45, 2.75) is 63.9 Å². The van der Waals surface area contributed by atoms with E-state index >= 15 is 0 Å². The molecule has 1 amide bonds. The molecule has 0 saturated heterocycles. The highest BCUT2D eigenvalue weighted by Gasteiger charge is 2.41. The van der Waals surface area contributed by atoms with Gasteiger partial charge in [0.1, 0.15) is 0 Å². The first kappa shape index (κ1) is 24.9. The first-order chi connectivity index (χ1) is 14.4. The summed E-state index contributed by atoms with van der Waals surface area (Å²) in [5, 5.41) is 12.4. The highest BCUT2D eigenvalue weighted by molar-refractivity contribution is 6.74. The second-order valence-electron chi connectivity index (χ2n) is 9.39. The Morgan fingerprint density at radius 2 is 1.61 bits per heavy atom. The maximum Gasteiger partial charge on any atom is 0.335 e. The number of carboxylic acid groups (broad SMARTS) is 1. The number of carbonyl (C=O) groups is 2. The molecule has 2 aromatic carbocycles. The molecular weight excluding hydrogens is 405 g/mol. The minimum absolute atomic E-state index is 0.0540. The third-order valence-electron chi connectivity index (χ3n) is 6.00. The minimum Gasteiger partial charge on any atom is -0.478 e. The quantitative estimate of drug-likeness (QED) is 0.553. The summed E-state index contributed by atoms with van der Waals surface area (Å²) in [6, 6.07) is 16.3. The lowest BCUT2D eigenvalue weighted by molar-refractivity contribution is 0.0694. The van der Waals surface area contributed by atoms with E-state index in [0.29, 0.717) is 18.4 Å². The van der Waals surface area contributed by atoms with Gasteiger partial charge in [-0.05, 0) is 41.7 Å². The Hall–Kier alpha value is -2.38. The number of amides is 1. The average molecular weight is 437 g/mol. The smallest absolute Gasteiger partial charge is 0.335 e. The van der Waals surface area contributed by atoms with Crippen LogP contribution in [-0.2, 0) is 17.3 Å². The van der Waals surface area contributed by atoms with Gasteiger partial charge in [0.2, 0.25) is 7.85 Å². The molecule has 31 heavy (non-hydrogen) atoms. The number of carboxylic acids is 1. The maximum atomic E-state index is 11.9. The molecule has 7 heteroatoms. The van der Waals surface area contributed by atoms with Gasteiger partial charge in [-0.2, -0.15) is 0 Å². The van der Waals surface area contributed by atoms with Gasteiger partial charge in [-0.3, -0.25) is 4.79 Å². The van der Waals surface area contributed by atoms with Crippen molar-refractivity contribution < 1.29 is 19.1 Å². The van der Waals surface area contributed by atoms with Gasteiger partial charge in [-0.25, -0.2) is 4.79 Å². The number of benzene rings is 2. The van der Waals surface area contributed by atoms with E-state index in [9.17, 15) is 14.7 Å². The van der Waals surface area contributed by atoms with Gasteiger partial charge in [0.15, 0.2) is 14.1 Å². The Morgan fingerprint density at radius 3 is 2.16 bits per heavy atom. The lowest BCUT2D eigenvalue weighted by Crippen LogP contribution is -2.53. The molecule has 0 saturated carbocycles. The molecule has 2 N–H and O–H groups in total. The fraction of sp³-hybridized carbons (Fsp3) is 0.417. The predicted octanol–water partition coefficient (Wildman–Crippen LogP) is 4.81. The zero-order chi connectivity index (χ0) is 23.2. The zero-order valence-corrected chi connectivity index (χ0v) is 20.0. The molecule has 2 radical (unpaired) electrons. The Bertz CT molecular complexity index is 896. The van der Waals surface area contributed by atoms with Gasteiger partial charge in [0.25, 0.3) is 0 Å². The molecule has 0 aromatic heterocycles. The summed E-state index contributed by atoms with van der Waals surface area (Å²) >= 11 is 0. The Kier molecular flexibility index (Phi) is 8.26. The summed E-state index contributed by atoms with van der Waals surface area (Å²) in [6.07, 6.45) is 0.444. The van der Waals surface area contributed by atoms with E-state index in [1.165, 1.54) is 0 Å². The molecule has 0 heterocycles. The van der Waals surface area contributed by atoms with Crippen LogP contribution in [0.4, 0.5) is 4.79 Å². The van der Waals surface area contributed by atoms with Crippen LogP contribution in [0.15, 0.2) is 54.6 Å². The zero-order valence-electron chi connectivity index (χ0n) is 19.0. The van der Waals surface area contributed by atoms with Crippen molar-refractivity contribution in [3.8, 4) is 0 Å². The van der Waals surface area contributed by atoms with Crippen molar-refractivity contribution in [3.63, 3.8) is 0 Å². The lowest BCUT2D eigenvalue weighted by Gasteiger charge is -2.42. The van der Waals surface area contributed by atoms with E-state index in [4.69, 9.17) is 12.3 Å². The Labute approximate surface area is 187 Å². The summed E-state index contributed by atoms with van der Waals surface area (Å²) < 4.78 is 6.75. The molecule has 0 aliphatic heterocycles. The standard InChI is InChI=1S/C24H32BNO4Si/c1-24(2,3)31(4,5)30-21(16-18-13-9-10-14-19(18)22(27)28)20(26-23(25)29)15-17-11-7-6-8-12-17/h6-14,20-21H,15-16H2,1-5H3,(H,26,29)(H,27,28)/t20?,21-/m1/s1. The molecule has 0 spiro atoms. The van der Waals surface area contributed by atoms with Crippen LogP contribution in [0.2, 0.25) is 18.1 Å². The van der Waals surface area contributed by atoms with Gasteiger partial charge in [-0.1, -0.05) is 69.3 Å². The van der Waals surface area contributed by atoms with Crippen LogP contribution < -0.4 is 5.32 Å². The molecule has 2 atom stereocenters. The lowest BCUT2D eigenvalue weighted by atomic mass is 9.93. The van der Waals surface area contributed by atoms with Crippen molar-refractivity contribution in [3.05, 3.63) is 71.3 Å². The molecule has 0 fully saturated rings. The third kappa shape index (κ3) is 7.08. The van der Waals surface area contributed by atoms with Crippen LogP contribution in [0.25, 0.3) is 0 Å². The Morgan fingerprint density at radius 1 is 1.03 bits per heavy atom. The van der Waals surface area contributed by atoms with E-state index in [1.54, 1.807) is 18.2 Å². The van der Waals surface area contributed by atoms with E-state index in [1.807, 2.05) is 36.4 Å². The highest BCUT2D eigenvalue weighted by Crippen LogP contribution is 2.38. The fourth-order valence-electron chi connectivity index (χ4n) is 3.27. The van der Waals surface area contributed by atoms with Crippen molar-refractivity contribution in [1.29, 1.82) is 0 Å². The molecule has 2 rings (SSSR count). The second kappa shape index (κ2) is 10.3. The molecule has 0 aliphatic rings. The fourth-order valence-corrected chi connectivity index (χ4v) is 4.63. The first-order valence-electron chi connectivity index (χ1n) is 10.5. The van der Waals surface area contributed by atoms with Crippen LogP contribution in [0.1, 0.15) is 42.3 Å². The summed E-state index contributed by atoms with van der Waals surface area (Å²) in [7, 11) is 3.28. The van der Waals surface area contributed by atoms with Gasteiger partial charge in [0.05, 0.1) is 17.7 Å². The third-order valence-corrected chi connectivity index (χ3v) is 10.5. The summed E-state index contributed by atoms with van der Waals surface area (Å²) in [5.41, 5.74) is 1.95. The normalized spacial score (nSPS) is 14.0. The van der Waals surface area contributed by atoms with E-state index < -0.39 is 32.2 Å². The summed E-state index contributed by atoms with van der Waals surface area (Å²) in [5.74, 6) is -1.61. The predicted molar refractivity (Wildman–Crippen MR) is 127 cm³/mol. The monoisotopic (exact) mass is 437 g/mol. The van der Waals surface area contributed by atoms with Gasteiger partial charge in [-0.15, -0.1) is 0 Å². The van der Waals surface area contributed by atoms with E-state index in [-0.39, 0.29) is 10.6 Å². The van der Waals surface area contributed by atoms with Crippen LogP contribution in [0.3, 0.4) is 0 Å². The summed E-state index contributed by atoms with van der Waals surface area (Å²) in [6.45, 7) is 10.7. The van der Waals surface area contributed by atoms with Crippen LogP contribution in [0, 0.1) is 0 Å². The first-order valence-corrected chi connectivity index (χ1v) is 13.4. The number of carbonyl (C=O) groups excluding carboxylic acids is 1. The van der Waals surface area contributed by atoms with E-state index in [0.717, 1.165) is 5.56 Å². The van der Waals surface area contributed by atoms with Gasteiger partial charge in [0, 0.05) is 6.42 Å². The SMILES string of the molecule is [B]C(=O)NC(Cc1ccccc1)[C@@H](Cc1ccccc1C(=O)O)O[Si](C)(C)C(C)(C)C. The van der Waals surface area contributed by atoms with Crippen molar-refractivity contribution in [2.75, 3.05) is 0 Å². The molecule has 2 aromatic rings. The summed E-state index contributed by atoms with van der Waals surface area (Å²) in [4.78, 5) is 23.6. The second-order valence-corrected chi connectivity index (χ2v) is 14.1. The number of hydrogen-bond acceptors (Lipinski definition) is 3. The van der Waals surface area contributed by atoms with Crippen molar-refractivity contribution in [1.82, 2.24) is 5.32 Å². The van der Waals surface area contributed by atoms with E-state index in [2.05, 4.69) is 39.2 Å². The minimum atomic E-state index is -2.24. The molecule has 164 valence electrons. The van der Waals surface area contributed by atoms with Crippen molar-refractivity contribution >= 4 is 27.9 Å². The van der Waals surface area contributed by atoms with Gasteiger partial charge >= 0.3 is 5.97 Å². The average Bonchev–Trinajstić information content (AvgIpc) is 2.66. The molecule has 5 nitrogen and oxygen atoms in total. The topological polar surface area (TPSA) is 75.6 Å². The maximum absolute atomic E-state index is 11.9. The number of rotatable bonds is 9. The Balaban J connectivity index is 2.47. The number of hydrogen-bond donors (Lipinski definition) is 2. The molecular formula is C24H32BNO4Si. The highest BCUT2D eigenvalue weighted by atomic mass is 28.4. The van der Waals surface area contributed by atoms with Crippen LogP contribution in [0.5, 0.6) is 0 Å².